The molecule has 1 saturated carbocycles. The van der Waals surface area contributed by atoms with Crippen LogP contribution in [0.3, 0.4) is 0 Å². The van der Waals surface area contributed by atoms with Gasteiger partial charge in [0.25, 0.3) is 0 Å². The summed E-state index contributed by atoms with van der Waals surface area (Å²) in [5.74, 6) is 1.91. The van der Waals surface area contributed by atoms with Crippen molar-refractivity contribution in [1.82, 2.24) is 5.32 Å². The molecule has 1 N–H and O–H groups in total. The lowest BCUT2D eigenvalue weighted by molar-refractivity contribution is 0.422. The molecule has 0 bridgehead atoms. The van der Waals surface area contributed by atoms with Crippen LogP contribution in [0.25, 0.3) is 0 Å². The maximum Gasteiger partial charge on any atom is 0.00668 e. The molecule has 0 saturated heterocycles. The Kier molecular flexibility index (Phi) is 4.07. The highest BCUT2D eigenvalue weighted by molar-refractivity contribution is 4.79. The van der Waals surface area contributed by atoms with Gasteiger partial charge in [0.05, 0.1) is 0 Å². The predicted molar refractivity (Wildman–Crippen MR) is 54.3 cm³/mol. The van der Waals surface area contributed by atoms with Gasteiger partial charge in [-0.3, -0.25) is 0 Å². The van der Waals surface area contributed by atoms with E-state index < -0.39 is 0 Å². The standard InChI is InChI=1S/C11H23N/c1-9(2)4-5-10-6-7-11(8-10)12-3/h9-12H,4-8H2,1-3H3. The Morgan fingerprint density at radius 2 is 2.08 bits per heavy atom. The molecule has 0 aromatic heterocycles. The van der Waals surface area contributed by atoms with E-state index in [2.05, 4.69) is 26.2 Å². The highest BCUT2D eigenvalue weighted by atomic mass is 14.9. The summed E-state index contributed by atoms with van der Waals surface area (Å²) >= 11 is 0. The first-order valence-electron chi connectivity index (χ1n) is 5.39. The van der Waals surface area contributed by atoms with Crippen molar-refractivity contribution >= 4 is 0 Å². The average molecular weight is 169 g/mol. The van der Waals surface area contributed by atoms with E-state index in [1.165, 1.54) is 32.1 Å². The van der Waals surface area contributed by atoms with Gasteiger partial charge in [0.1, 0.15) is 0 Å². The summed E-state index contributed by atoms with van der Waals surface area (Å²) in [4.78, 5) is 0. The molecule has 0 radical (unpaired) electrons. The van der Waals surface area contributed by atoms with Crippen LogP contribution in [0.2, 0.25) is 0 Å². The summed E-state index contributed by atoms with van der Waals surface area (Å²) in [6.45, 7) is 4.65. The highest BCUT2D eigenvalue weighted by Crippen LogP contribution is 2.29. The lowest BCUT2D eigenvalue weighted by Gasteiger charge is -2.11. The molecule has 1 aliphatic carbocycles. The Balaban J connectivity index is 2.11. The van der Waals surface area contributed by atoms with Crippen LogP contribution in [0, 0.1) is 11.8 Å². The Bertz CT molecular complexity index is 120. The molecular formula is C11H23N. The Morgan fingerprint density at radius 3 is 2.58 bits per heavy atom. The van der Waals surface area contributed by atoms with Crippen LogP contribution in [0.15, 0.2) is 0 Å². The van der Waals surface area contributed by atoms with Crippen LogP contribution in [-0.4, -0.2) is 13.1 Å². The van der Waals surface area contributed by atoms with Crippen LogP contribution in [0.5, 0.6) is 0 Å². The minimum Gasteiger partial charge on any atom is -0.317 e. The fourth-order valence-corrected chi connectivity index (χ4v) is 2.17. The minimum absolute atomic E-state index is 0.821. The van der Waals surface area contributed by atoms with Crippen molar-refractivity contribution < 1.29 is 0 Å². The van der Waals surface area contributed by atoms with Gasteiger partial charge in [-0.15, -0.1) is 0 Å². The summed E-state index contributed by atoms with van der Waals surface area (Å²) in [6.07, 6.45) is 7.15. The molecule has 1 aliphatic rings. The molecule has 0 heterocycles. The van der Waals surface area contributed by atoms with E-state index in [-0.39, 0.29) is 0 Å². The third kappa shape index (κ3) is 3.14. The molecule has 1 nitrogen and oxygen atoms in total. The zero-order valence-electron chi connectivity index (χ0n) is 8.77. The van der Waals surface area contributed by atoms with E-state index in [0.717, 1.165) is 17.9 Å². The van der Waals surface area contributed by atoms with Crippen LogP contribution in [0.1, 0.15) is 46.0 Å². The van der Waals surface area contributed by atoms with Crippen molar-refractivity contribution in [3.63, 3.8) is 0 Å². The zero-order chi connectivity index (χ0) is 8.97. The second kappa shape index (κ2) is 4.86. The summed E-state index contributed by atoms with van der Waals surface area (Å²) in [5, 5.41) is 3.38. The lowest BCUT2D eigenvalue weighted by atomic mass is 9.96. The normalized spacial score (nSPS) is 30.0. The molecule has 0 amide bonds. The molecule has 2 atom stereocenters. The topological polar surface area (TPSA) is 12.0 Å². The van der Waals surface area contributed by atoms with E-state index >= 15 is 0 Å². The van der Waals surface area contributed by atoms with Crippen LogP contribution >= 0.6 is 0 Å². The first kappa shape index (κ1) is 10.0. The number of nitrogens with one attached hydrogen (secondary N) is 1. The first-order chi connectivity index (χ1) is 5.72. The second-order valence-corrected chi connectivity index (χ2v) is 4.64. The third-order valence-corrected chi connectivity index (χ3v) is 3.10. The minimum atomic E-state index is 0.821. The highest BCUT2D eigenvalue weighted by Gasteiger charge is 2.22. The van der Waals surface area contributed by atoms with Gasteiger partial charge in [0.15, 0.2) is 0 Å². The first-order valence-corrected chi connectivity index (χ1v) is 5.39. The van der Waals surface area contributed by atoms with Gasteiger partial charge in [-0.25, -0.2) is 0 Å². The molecule has 2 unspecified atom stereocenters. The quantitative estimate of drug-likeness (QED) is 0.682. The third-order valence-electron chi connectivity index (χ3n) is 3.10. The van der Waals surface area contributed by atoms with Gasteiger partial charge >= 0.3 is 0 Å². The second-order valence-electron chi connectivity index (χ2n) is 4.64. The van der Waals surface area contributed by atoms with Crippen molar-refractivity contribution in [1.29, 1.82) is 0 Å². The van der Waals surface area contributed by atoms with Crippen LogP contribution < -0.4 is 5.32 Å². The van der Waals surface area contributed by atoms with Crippen LogP contribution in [-0.2, 0) is 0 Å². The Morgan fingerprint density at radius 1 is 1.33 bits per heavy atom. The summed E-state index contributed by atoms with van der Waals surface area (Å²) in [6, 6.07) is 0.821. The number of rotatable bonds is 4. The van der Waals surface area contributed by atoms with E-state index in [0.29, 0.717) is 0 Å². The predicted octanol–water partition coefficient (Wildman–Crippen LogP) is 2.81. The van der Waals surface area contributed by atoms with Gasteiger partial charge in [-0.05, 0) is 38.1 Å². The smallest absolute Gasteiger partial charge is 0.00668 e. The van der Waals surface area contributed by atoms with Gasteiger partial charge < -0.3 is 5.32 Å². The van der Waals surface area contributed by atoms with Crippen molar-refractivity contribution in [3.05, 3.63) is 0 Å². The lowest BCUT2D eigenvalue weighted by Crippen LogP contribution is -2.21. The van der Waals surface area contributed by atoms with Crippen LogP contribution in [0.4, 0.5) is 0 Å². The maximum atomic E-state index is 3.38. The molecule has 12 heavy (non-hydrogen) atoms. The molecule has 0 aliphatic heterocycles. The van der Waals surface area contributed by atoms with Gasteiger partial charge in [-0.2, -0.15) is 0 Å². The summed E-state index contributed by atoms with van der Waals surface area (Å²) in [5.41, 5.74) is 0. The van der Waals surface area contributed by atoms with Gasteiger partial charge in [-0.1, -0.05) is 26.7 Å². The summed E-state index contributed by atoms with van der Waals surface area (Å²) < 4.78 is 0. The molecule has 0 aromatic carbocycles. The SMILES string of the molecule is CNC1CCC(CCC(C)C)C1. The molecule has 1 rings (SSSR count). The molecule has 1 heteroatoms. The fraction of sp³-hybridized carbons (Fsp3) is 1.00. The Labute approximate surface area is 76.9 Å². The average Bonchev–Trinajstić information content (AvgIpc) is 2.48. The molecule has 72 valence electrons. The van der Waals surface area contributed by atoms with Crippen molar-refractivity contribution in [3.8, 4) is 0 Å². The van der Waals surface area contributed by atoms with Gasteiger partial charge in [0.2, 0.25) is 0 Å². The number of hydrogen-bond acceptors (Lipinski definition) is 1. The van der Waals surface area contributed by atoms with E-state index in [1.54, 1.807) is 0 Å². The monoisotopic (exact) mass is 169 g/mol. The van der Waals surface area contributed by atoms with E-state index in [9.17, 15) is 0 Å². The van der Waals surface area contributed by atoms with Crippen molar-refractivity contribution in [2.45, 2.75) is 52.0 Å². The fourth-order valence-electron chi connectivity index (χ4n) is 2.17. The van der Waals surface area contributed by atoms with E-state index in [4.69, 9.17) is 0 Å². The molecule has 1 fully saturated rings. The zero-order valence-corrected chi connectivity index (χ0v) is 8.77. The largest absolute Gasteiger partial charge is 0.317 e. The maximum absolute atomic E-state index is 3.38. The van der Waals surface area contributed by atoms with Crippen molar-refractivity contribution in [2.24, 2.45) is 11.8 Å². The molecular weight excluding hydrogens is 146 g/mol. The van der Waals surface area contributed by atoms with E-state index in [1.807, 2.05) is 0 Å². The van der Waals surface area contributed by atoms with Gasteiger partial charge in [0, 0.05) is 6.04 Å². The molecule has 0 aromatic rings. The van der Waals surface area contributed by atoms with Crippen molar-refractivity contribution in [2.75, 3.05) is 7.05 Å². The summed E-state index contributed by atoms with van der Waals surface area (Å²) in [7, 11) is 2.09. The number of hydrogen-bond donors (Lipinski definition) is 1. The Hall–Kier alpha value is -0.0400. The molecule has 0 spiro atoms.